The minimum absolute atomic E-state index is 0.301. The third-order valence-electron chi connectivity index (χ3n) is 4.60. The van der Waals surface area contributed by atoms with Crippen molar-refractivity contribution < 1.29 is 18.7 Å². The molecule has 0 saturated carbocycles. The molecule has 0 aliphatic heterocycles. The molecule has 1 aromatic heterocycles. The highest BCUT2D eigenvalue weighted by Crippen LogP contribution is 2.29. The molecule has 5 nitrogen and oxygen atoms in total. The van der Waals surface area contributed by atoms with Crippen LogP contribution in [0.3, 0.4) is 0 Å². The Balaban J connectivity index is 1.53. The van der Waals surface area contributed by atoms with E-state index in [9.17, 15) is 9.59 Å². The summed E-state index contributed by atoms with van der Waals surface area (Å²) < 4.78 is 16.4. The maximum absolute atomic E-state index is 12.3. The molecule has 1 atom stereocenters. The van der Waals surface area contributed by atoms with Gasteiger partial charge in [-0.3, -0.25) is 0 Å². The van der Waals surface area contributed by atoms with Gasteiger partial charge in [-0.2, -0.15) is 0 Å². The molecule has 1 heterocycles. The predicted molar refractivity (Wildman–Crippen MR) is 102 cm³/mol. The Hall–Kier alpha value is -2.79. The Labute approximate surface area is 160 Å². The molecule has 0 N–H and O–H groups in total. The van der Waals surface area contributed by atoms with Crippen LogP contribution in [0, 0.1) is 0 Å². The molecule has 0 radical (unpaired) electrons. The fraction of sp³-hybridized carbons (Fsp3) is 0.238. The zero-order valence-electron chi connectivity index (χ0n) is 14.7. The van der Waals surface area contributed by atoms with Gasteiger partial charge >= 0.3 is 11.6 Å². The lowest BCUT2D eigenvalue weighted by Crippen LogP contribution is -2.28. The summed E-state index contributed by atoms with van der Waals surface area (Å²) in [7, 11) is 0. The quantitative estimate of drug-likeness (QED) is 0.381. The summed E-state index contributed by atoms with van der Waals surface area (Å²) in [6, 6.07) is 11.9. The summed E-state index contributed by atoms with van der Waals surface area (Å²) in [5.41, 5.74) is 1.91. The number of hydrogen-bond donors (Lipinski definition) is 0. The number of aryl methyl sites for hydroxylation is 1. The van der Waals surface area contributed by atoms with E-state index in [-0.39, 0.29) is 5.63 Å². The number of ether oxygens (including phenoxy) is 2. The van der Waals surface area contributed by atoms with Crippen LogP contribution >= 0.6 is 11.6 Å². The van der Waals surface area contributed by atoms with Crippen LogP contribution in [0.2, 0.25) is 5.02 Å². The van der Waals surface area contributed by atoms with Gasteiger partial charge in [0.15, 0.2) is 6.10 Å². The fourth-order valence-electron chi connectivity index (χ4n) is 3.32. The molecule has 1 aliphatic carbocycles. The van der Waals surface area contributed by atoms with Crippen molar-refractivity contribution in [3.8, 4) is 11.5 Å². The van der Waals surface area contributed by atoms with Crippen molar-refractivity contribution in [2.75, 3.05) is 0 Å². The molecule has 0 fully saturated rings. The van der Waals surface area contributed by atoms with Gasteiger partial charge in [0.25, 0.3) is 0 Å². The monoisotopic (exact) mass is 384 g/mol. The van der Waals surface area contributed by atoms with Crippen LogP contribution in [-0.2, 0) is 17.6 Å². The first-order valence-electron chi connectivity index (χ1n) is 8.74. The Morgan fingerprint density at radius 3 is 2.74 bits per heavy atom. The molecule has 0 amide bonds. The molecule has 3 aromatic rings. The normalized spacial score (nSPS) is 14.0. The van der Waals surface area contributed by atoms with Crippen LogP contribution in [0.5, 0.6) is 11.5 Å². The molecule has 0 spiro atoms. The predicted octanol–water partition coefficient (Wildman–Crippen LogP) is 4.31. The Bertz CT molecular complexity index is 1090. The topological polar surface area (TPSA) is 65.7 Å². The zero-order chi connectivity index (χ0) is 19.0. The average molecular weight is 385 g/mol. The largest absolute Gasteiger partial charge is 0.479 e. The van der Waals surface area contributed by atoms with Crippen LogP contribution in [0.4, 0.5) is 0 Å². The Kier molecular flexibility index (Phi) is 4.62. The number of esters is 1. The first-order valence-corrected chi connectivity index (χ1v) is 9.11. The van der Waals surface area contributed by atoms with Crippen LogP contribution in [0.15, 0.2) is 51.7 Å². The third-order valence-corrected chi connectivity index (χ3v) is 4.84. The van der Waals surface area contributed by atoms with Crippen LogP contribution in [0.1, 0.15) is 24.5 Å². The van der Waals surface area contributed by atoms with Crippen molar-refractivity contribution in [3.05, 3.63) is 69.0 Å². The zero-order valence-corrected chi connectivity index (χ0v) is 15.4. The number of carbonyl (C=O) groups excluding carboxylic acids is 1. The minimum Gasteiger partial charge on any atom is -0.479 e. The smallest absolute Gasteiger partial charge is 0.352 e. The molecule has 1 unspecified atom stereocenters. The van der Waals surface area contributed by atoms with E-state index in [4.69, 9.17) is 25.5 Å². The molecule has 0 saturated heterocycles. The highest BCUT2D eigenvalue weighted by atomic mass is 35.5. The molecule has 2 aromatic carbocycles. The molecule has 138 valence electrons. The maximum Gasteiger partial charge on any atom is 0.352 e. The van der Waals surface area contributed by atoms with E-state index in [0.717, 1.165) is 35.8 Å². The van der Waals surface area contributed by atoms with Crippen molar-refractivity contribution in [1.82, 2.24) is 0 Å². The number of carbonyl (C=O) groups is 1. The van der Waals surface area contributed by atoms with Crippen molar-refractivity contribution >= 4 is 28.5 Å². The Morgan fingerprint density at radius 1 is 1.11 bits per heavy atom. The molecule has 0 bridgehead atoms. The fourth-order valence-corrected chi connectivity index (χ4v) is 3.50. The van der Waals surface area contributed by atoms with E-state index in [0.29, 0.717) is 22.1 Å². The first kappa shape index (κ1) is 17.6. The summed E-state index contributed by atoms with van der Waals surface area (Å²) in [6.45, 7) is 1.59. The van der Waals surface area contributed by atoms with Crippen LogP contribution < -0.4 is 15.1 Å². The van der Waals surface area contributed by atoms with E-state index >= 15 is 0 Å². The van der Waals surface area contributed by atoms with Crippen molar-refractivity contribution in [3.63, 3.8) is 0 Å². The van der Waals surface area contributed by atoms with Crippen molar-refractivity contribution in [1.29, 1.82) is 0 Å². The second-order valence-electron chi connectivity index (χ2n) is 6.50. The number of halogens is 1. The highest BCUT2D eigenvalue weighted by Gasteiger charge is 2.21. The van der Waals surface area contributed by atoms with Gasteiger partial charge in [0.1, 0.15) is 17.1 Å². The van der Waals surface area contributed by atoms with Gasteiger partial charge in [-0.05, 0) is 62.1 Å². The number of fused-ring (bicyclic) bond motifs is 3. The van der Waals surface area contributed by atoms with Crippen molar-refractivity contribution in [2.45, 2.75) is 32.3 Å². The summed E-state index contributed by atoms with van der Waals surface area (Å²) in [5, 5.41) is 1.41. The summed E-state index contributed by atoms with van der Waals surface area (Å²) >= 11 is 5.91. The van der Waals surface area contributed by atoms with E-state index in [2.05, 4.69) is 0 Å². The maximum atomic E-state index is 12.3. The lowest BCUT2D eigenvalue weighted by atomic mass is 10.1. The van der Waals surface area contributed by atoms with Gasteiger partial charge in [0.2, 0.25) is 0 Å². The highest BCUT2D eigenvalue weighted by molar-refractivity contribution is 6.30. The lowest BCUT2D eigenvalue weighted by molar-refractivity contribution is -0.141. The Morgan fingerprint density at radius 2 is 1.93 bits per heavy atom. The first-order chi connectivity index (χ1) is 13.0. The van der Waals surface area contributed by atoms with Gasteiger partial charge in [-0.15, -0.1) is 0 Å². The summed E-state index contributed by atoms with van der Waals surface area (Å²) in [6.07, 6.45) is 1.74. The van der Waals surface area contributed by atoms with Gasteiger partial charge < -0.3 is 13.9 Å². The number of rotatable bonds is 4. The molecule has 4 rings (SSSR count). The number of benzene rings is 2. The van der Waals surface area contributed by atoms with E-state index < -0.39 is 12.1 Å². The van der Waals surface area contributed by atoms with Gasteiger partial charge in [-0.1, -0.05) is 17.7 Å². The summed E-state index contributed by atoms with van der Waals surface area (Å²) in [5.74, 6) is 0.222. The van der Waals surface area contributed by atoms with Gasteiger partial charge in [0, 0.05) is 22.0 Å². The molecule has 6 heteroatoms. The number of hydrogen-bond acceptors (Lipinski definition) is 5. The molecule has 1 aliphatic rings. The third kappa shape index (κ3) is 3.55. The van der Waals surface area contributed by atoms with Crippen LogP contribution in [-0.4, -0.2) is 12.1 Å². The minimum atomic E-state index is -0.828. The second kappa shape index (κ2) is 7.08. The molecular formula is C21H17ClO5. The SMILES string of the molecule is CC(Oc1cccc(Cl)c1)C(=O)Oc1ccc2c3c(c(=O)oc2c1)CCC3. The van der Waals surface area contributed by atoms with E-state index in [1.807, 2.05) is 6.07 Å². The second-order valence-corrected chi connectivity index (χ2v) is 6.93. The van der Waals surface area contributed by atoms with E-state index in [1.165, 1.54) is 0 Å². The average Bonchev–Trinajstić information content (AvgIpc) is 3.12. The summed E-state index contributed by atoms with van der Waals surface area (Å²) in [4.78, 5) is 24.4. The van der Waals surface area contributed by atoms with E-state index in [1.54, 1.807) is 43.3 Å². The lowest BCUT2D eigenvalue weighted by Gasteiger charge is -2.14. The van der Waals surface area contributed by atoms with Gasteiger partial charge in [-0.25, -0.2) is 9.59 Å². The van der Waals surface area contributed by atoms with Crippen molar-refractivity contribution in [2.24, 2.45) is 0 Å². The van der Waals surface area contributed by atoms with Crippen LogP contribution in [0.25, 0.3) is 11.0 Å². The molecular weight excluding hydrogens is 368 g/mol. The molecule has 27 heavy (non-hydrogen) atoms. The van der Waals surface area contributed by atoms with Gasteiger partial charge in [0.05, 0.1) is 0 Å². The standard InChI is InChI=1S/C21H17ClO5/c1-12(25-14-5-2-4-13(22)10-14)20(23)26-15-8-9-17-16-6-3-7-18(16)21(24)27-19(17)11-15/h2,4-5,8-12H,3,6-7H2,1H3.